The lowest BCUT2D eigenvalue weighted by Gasteiger charge is -2.14. The number of hydrogen-bond donors (Lipinski definition) is 1. The Hall–Kier alpha value is -1.02. The number of ether oxygens (including phenoxy) is 1. The predicted octanol–water partition coefficient (Wildman–Crippen LogP) is 2.75. The Balaban J connectivity index is 2.78. The topological polar surface area (TPSA) is 21.3 Å². The van der Waals surface area contributed by atoms with E-state index >= 15 is 0 Å². The number of hydrogen-bond acceptors (Lipinski definition) is 2. The Kier molecular flexibility index (Phi) is 3.96. The van der Waals surface area contributed by atoms with Gasteiger partial charge in [-0.3, -0.25) is 0 Å². The van der Waals surface area contributed by atoms with Gasteiger partial charge in [0.2, 0.25) is 0 Å². The van der Waals surface area contributed by atoms with E-state index in [0.29, 0.717) is 6.04 Å². The molecular formula is C12H19NO. The normalized spacial score (nSPS) is 12.9. The molecule has 1 N–H and O–H groups in total. The molecule has 0 unspecified atom stereocenters. The molecule has 0 spiro atoms. The monoisotopic (exact) mass is 193 g/mol. The predicted molar refractivity (Wildman–Crippen MR) is 59.7 cm³/mol. The SMILES string of the molecule is CN[C@H](C)c1cccc(OC(C)C)c1. The largest absolute Gasteiger partial charge is 0.491 e. The van der Waals surface area contributed by atoms with Crippen LogP contribution in [0.15, 0.2) is 24.3 Å². The number of benzene rings is 1. The summed E-state index contributed by atoms with van der Waals surface area (Å²) >= 11 is 0. The Bertz CT molecular complexity index is 283. The van der Waals surface area contributed by atoms with Crippen molar-refractivity contribution in [2.45, 2.75) is 32.9 Å². The number of rotatable bonds is 4. The highest BCUT2D eigenvalue weighted by Crippen LogP contribution is 2.19. The van der Waals surface area contributed by atoms with Crippen molar-refractivity contribution in [2.24, 2.45) is 0 Å². The van der Waals surface area contributed by atoms with E-state index < -0.39 is 0 Å². The average molecular weight is 193 g/mol. The third-order valence-corrected chi connectivity index (χ3v) is 2.16. The van der Waals surface area contributed by atoms with Crippen LogP contribution in [0.4, 0.5) is 0 Å². The molecule has 0 aliphatic rings. The minimum absolute atomic E-state index is 0.232. The van der Waals surface area contributed by atoms with Crippen molar-refractivity contribution in [3.8, 4) is 5.75 Å². The van der Waals surface area contributed by atoms with Gasteiger partial charge in [-0.25, -0.2) is 0 Å². The minimum Gasteiger partial charge on any atom is -0.491 e. The van der Waals surface area contributed by atoms with Crippen molar-refractivity contribution >= 4 is 0 Å². The Morgan fingerprint density at radius 1 is 1.21 bits per heavy atom. The standard InChI is InChI=1S/C12H19NO/c1-9(2)14-12-7-5-6-11(8-12)10(3)13-4/h5-10,13H,1-4H3/t10-/m1/s1. The molecule has 0 amide bonds. The molecule has 0 radical (unpaired) electrons. The summed E-state index contributed by atoms with van der Waals surface area (Å²) < 4.78 is 5.62. The van der Waals surface area contributed by atoms with Crippen LogP contribution in [0.5, 0.6) is 5.75 Å². The lowest BCUT2D eigenvalue weighted by Crippen LogP contribution is -2.12. The summed E-state index contributed by atoms with van der Waals surface area (Å²) in [5, 5.41) is 3.21. The van der Waals surface area contributed by atoms with E-state index in [9.17, 15) is 0 Å². The molecule has 0 aliphatic heterocycles. The van der Waals surface area contributed by atoms with Gasteiger partial charge in [0.25, 0.3) is 0 Å². The van der Waals surface area contributed by atoms with Gasteiger partial charge in [-0.15, -0.1) is 0 Å². The Labute approximate surface area is 86.3 Å². The van der Waals surface area contributed by atoms with Crippen LogP contribution in [0.1, 0.15) is 32.4 Å². The lowest BCUT2D eigenvalue weighted by molar-refractivity contribution is 0.242. The van der Waals surface area contributed by atoms with Gasteiger partial charge in [-0.2, -0.15) is 0 Å². The fourth-order valence-electron chi connectivity index (χ4n) is 1.30. The molecule has 1 atom stereocenters. The molecule has 1 aromatic carbocycles. The molecular weight excluding hydrogens is 174 g/mol. The van der Waals surface area contributed by atoms with Crippen LogP contribution in [-0.2, 0) is 0 Å². The fraction of sp³-hybridized carbons (Fsp3) is 0.500. The maximum Gasteiger partial charge on any atom is 0.120 e. The molecule has 0 saturated carbocycles. The summed E-state index contributed by atoms with van der Waals surface area (Å²) in [5.41, 5.74) is 1.26. The van der Waals surface area contributed by atoms with Gasteiger partial charge in [0.1, 0.15) is 5.75 Å². The first-order valence-electron chi connectivity index (χ1n) is 5.07. The van der Waals surface area contributed by atoms with Crippen LogP contribution in [0.25, 0.3) is 0 Å². The zero-order valence-electron chi connectivity index (χ0n) is 9.37. The van der Waals surface area contributed by atoms with E-state index in [1.807, 2.05) is 33.0 Å². The second kappa shape index (κ2) is 5.01. The van der Waals surface area contributed by atoms with Crippen molar-refractivity contribution in [1.82, 2.24) is 5.32 Å². The van der Waals surface area contributed by atoms with Crippen LogP contribution in [-0.4, -0.2) is 13.2 Å². The Morgan fingerprint density at radius 3 is 2.50 bits per heavy atom. The van der Waals surface area contributed by atoms with Crippen LogP contribution >= 0.6 is 0 Å². The molecule has 1 rings (SSSR count). The Morgan fingerprint density at radius 2 is 1.93 bits per heavy atom. The van der Waals surface area contributed by atoms with E-state index in [4.69, 9.17) is 4.74 Å². The second-order valence-electron chi connectivity index (χ2n) is 3.75. The summed E-state index contributed by atoms with van der Waals surface area (Å²) in [5.74, 6) is 0.944. The maximum atomic E-state index is 5.62. The zero-order valence-corrected chi connectivity index (χ0v) is 9.37. The van der Waals surface area contributed by atoms with Gasteiger partial charge in [-0.05, 0) is 45.5 Å². The van der Waals surface area contributed by atoms with Crippen LogP contribution < -0.4 is 10.1 Å². The van der Waals surface area contributed by atoms with Crippen molar-refractivity contribution < 1.29 is 4.74 Å². The van der Waals surface area contributed by atoms with Crippen molar-refractivity contribution in [3.05, 3.63) is 29.8 Å². The zero-order chi connectivity index (χ0) is 10.6. The lowest BCUT2D eigenvalue weighted by atomic mass is 10.1. The highest BCUT2D eigenvalue weighted by Gasteiger charge is 2.04. The third-order valence-electron chi connectivity index (χ3n) is 2.16. The van der Waals surface area contributed by atoms with Gasteiger partial charge < -0.3 is 10.1 Å². The van der Waals surface area contributed by atoms with E-state index in [1.165, 1.54) is 5.56 Å². The molecule has 0 heterocycles. The van der Waals surface area contributed by atoms with Crippen molar-refractivity contribution in [1.29, 1.82) is 0 Å². The van der Waals surface area contributed by atoms with E-state index in [2.05, 4.69) is 24.4 Å². The average Bonchev–Trinajstić information content (AvgIpc) is 2.16. The van der Waals surface area contributed by atoms with Crippen LogP contribution in [0, 0.1) is 0 Å². The van der Waals surface area contributed by atoms with Gasteiger partial charge in [0.05, 0.1) is 6.10 Å². The molecule has 2 heteroatoms. The third kappa shape index (κ3) is 3.04. The van der Waals surface area contributed by atoms with Gasteiger partial charge in [-0.1, -0.05) is 12.1 Å². The van der Waals surface area contributed by atoms with Crippen LogP contribution in [0.2, 0.25) is 0 Å². The summed E-state index contributed by atoms with van der Waals surface area (Å²) in [6, 6.07) is 8.58. The summed E-state index contributed by atoms with van der Waals surface area (Å²) in [7, 11) is 1.96. The molecule has 0 saturated heterocycles. The second-order valence-corrected chi connectivity index (χ2v) is 3.75. The molecule has 2 nitrogen and oxygen atoms in total. The molecule has 0 bridgehead atoms. The van der Waals surface area contributed by atoms with Gasteiger partial charge in [0.15, 0.2) is 0 Å². The van der Waals surface area contributed by atoms with E-state index in [1.54, 1.807) is 0 Å². The molecule has 0 fully saturated rings. The summed E-state index contributed by atoms with van der Waals surface area (Å²) in [4.78, 5) is 0. The van der Waals surface area contributed by atoms with Crippen LogP contribution in [0.3, 0.4) is 0 Å². The van der Waals surface area contributed by atoms with Gasteiger partial charge >= 0.3 is 0 Å². The van der Waals surface area contributed by atoms with Crippen molar-refractivity contribution in [2.75, 3.05) is 7.05 Å². The quantitative estimate of drug-likeness (QED) is 0.794. The molecule has 0 aliphatic carbocycles. The van der Waals surface area contributed by atoms with E-state index in [0.717, 1.165) is 5.75 Å². The minimum atomic E-state index is 0.232. The maximum absolute atomic E-state index is 5.62. The fourth-order valence-corrected chi connectivity index (χ4v) is 1.30. The smallest absolute Gasteiger partial charge is 0.120 e. The first-order valence-corrected chi connectivity index (χ1v) is 5.07. The van der Waals surface area contributed by atoms with Crippen molar-refractivity contribution in [3.63, 3.8) is 0 Å². The summed E-state index contributed by atoms with van der Waals surface area (Å²) in [6.45, 7) is 6.21. The summed E-state index contributed by atoms with van der Waals surface area (Å²) in [6.07, 6.45) is 0.232. The first kappa shape index (κ1) is 11.1. The highest BCUT2D eigenvalue weighted by atomic mass is 16.5. The molecule has 1 aromatic rings. The highest BCUT2D eigenvalue weighted by molar-refractivity contribution is 5.30. The molecule has 14 heavy (non-hydrogen) atoms. The first-order chi connectivity index (χ1) is 6.63. The molecule has 78 valence electrons. The molecule has 0 aromatic heterocycles. The number of nitrogens with one attached hydrogen (secondary N) is 1. The van der Waals surface area contributed by atoms with Gasteiger partial charge in [0, 0.05) is 6.04 Å². The van der Waals surface area contributed by atoms with E-state index in [-0.39, 0.29) is 6.10 Å².